The summed E-state index contributed by atoms with van der Waals surface area (Å²) in [5.41, 5.74) is 0.162. The molecule has 1 aliphatic heterocycles. The predicted molar refractivity (Wildman–Crippen MR) is 95.4 cm³/mol. The maximum Gasteiger partial charge on any atom is 0.410 e. The average molecular weight is 359 g/mol. The van der Waals surface area contributed by atoms with E-state index in [1.54, 1.807) is 28.9 Å². The Morgan fingerprint density at radius 1 is 1.40 bits per heavy atom. The van der Waals surface area contributed by atoms with E-state index in [0.717, 1.165) is 23.3 Å². The van der Waals surface area contributed by atoms with Gasteiger partial charge in [0.1, 0.15) is 11.7 Å². The SMILES string of the molecule is CC(C)(C)OC(=O)N1CCC(Sc2cc3cc(C#N)oc3cn2)CC1. The number of hydrogen-bond acceptors (Lipinski definition) is 6. The zero-order chi connectivity index (χ0) is 18.0. The van der Waals surface area contributed by atoms with Crippen molar-refractivity contribution in [2.24, 2.45) is 0 Å². The van der Waals surface area contributed by atoms with Crippen LogP contribution in [0, 0.1) is 11.3 Å². The number of carbonyl (C=O) groups excluding carboxylic acids is 1. The van der Waals surface area contributed by atoms with E-state index < -0.39 is 5.60 Å². The van der Waals surface area contributed by atoms with Crippen molar-refractivity contribution in [1.29, 1.82) is 5.26 Å². The lowest BCUT2D eigenvalue weighted by atomic mass is 10.1. The van der Waals surface area contributed by atoms with Crippen molar-refractivity contribution in [2.45, 2.75) is 49.5 Å². The van der Waals surface area contributed by atoms with Crippen LogP contribution in [-0.4, -0.2) is 39.9 Å². The van der Waals surface area contributed by atoms with Gasteiger partial charge in [-0.15, -0.1) is 11.8 Å². The van der Waals surface area contributed by atoms with Crippen LogP contribution in [-0.2, 0) is 4.74 Å². The van der Waals surface area contributed by atoms with Crippen LogP contribution in [0.15, 0.2) is 27.8 Å². The number of carbonyl (C=O) groups is 1. The maximum absolute atomic E-state index is 12.1. The highest BCUT2D eigenvalue weighted by Crippen LogP contribution is 2.31. The summed E-state index contributed by atoms with van der Waals surface area (Å²) in [6.45, 7) is 7.02. The fourth-order valence-electron chi connectivity index (χ4n) is 2.70. The van der Waals surface area contributed by atoms with Crippen LogP contribution >= 0.6 is 11.8 Å². The molecule has 0 unspecified atom stereocenters. The van der Waals surface area contributed by atoms with Crippen molar-refractivity contribution in [1.82, 2.24) is 9.88 Å². The first-order valence-electron chi connectivity index (χ1n) is 8.28. The summed E-state index contributed by atoms with van der Waals surface area (Å²) in [7, 11) is 0. The molecule has 7 heteroatoms. The normalized spacial score (nSPS) is 16.0. The molecule has 3 rings (SSSR count). The van der Waals surface area contributed by atoms with Gasteiger partial charge in [-0.1, -0.05) is 0 Å². The molecule has 0 spiro atoms. The summed E-state index contributed by atoms with van der Waals surface area (Å²) in [5, 5.41) is 11.1. The summed E-state index contributed by atoms with van der Waals surface area (Å²) < 4.78 is 10.8. The Labute approximate surface area is 151 Å². The van der Waals surface area contributed by atoms with Crippen molar-refractivity contribution in [3.8, 4) is 6.07 Å². The molecule has 0 N–H and O–H groups in total. The van der Waals surface area contributed by atoms with E-state index in [9.17, 15) is 4.79 Å². The van der Waals surface area contributed by atoms with E-state index in [2.05, 4.69) is 4.98 Å². The topological polar surface area (TPSA) is 79.4 Å². The summed E-state index contributed by atoms with van der Waals surface area (Å²) >= 11 is 1.71. The van der Waals surface area contributed by atoms with Gasteiger partial charge in [0.05, 0.1) is 11.2 Å². The van der Waals surface area contributed by atoms with Gasteiger partial charge >= 0.3 is 6.09 Å². The molecule has 1 saturated heterocycles. The quantitative estimate of drug-likeness (QED) is 0.800. The van der Waals surface area contributed by atoms with E-state index in [4.69, 9.17) is 14.4 Å². The molecular weight excluding hydrogens is 338 g/mol. The predicted octanol–water partition coefficient (Wildman–Crippen LogP) is 4.19. The highest BCUT2D eigenvalue weighted by atomic mass is 32.2. The minimum Gasteiger partial charge on any atom is -0.444 e. The number of nitriles is 1. The molecule has 1 amide bonds. The molecule has 132 valence electrons. The van der Waals surface area contributed by atoms with E-state index in [-0.39, 0.29) is 6.09 Å². The zero-order valence-electron chi connectivity index (χ0n) is 14.6. The molecule has 0 aromatic carbocycles. The average Bonchev–Trinajstić information content (AvgIpc) is 2.96. The number of furan rings is 1. The zero-order valence-corrected chi connectivity index (χ0v) is 15.4. The number of amides is 1. The van der Waals surface area contributed by atoms with Crippen LogP contribution in [0.4, 0.5) is 4.79 Å². The molecule has 1 aliphatic rings. The Hall–Kier alpha value is -2.20. The van der Waals surface area contributed by atoms with Gasteiger partial charge < -0.3 is 14.1 Å². The first-order valence-corrected chi connectivity index (χ1v) is 9.16. The molecule has 0 aliphatic carbocycles. The Morgan fingerprint density at radius 2 is 2.12 bits per heavy atom. The van der Waals surface area contributed by atoms with Gasteiger partial charge in [0.25, 0.3) is 0 Å². The summed E-state index contributed by atoms with van der Waals surface area (Å²) in [6.07, 6.45) is 3.23. The number of likely N-dealkylation sites (tertiary alicyclic amines) is 1. The van der Waals surface area contributed by atoms with Crippen molar-refractivity contribution in [2.75, 3.05) is 13.1 Å². The van der Waals surface area contributed by atoms with Gasteiger partial charge in [0, 0.05) is 29.8 Å². The molecule has 1 fully saturated rings. The summed E-state index contributed by atoms with van der Waals surface area (Å²) in [6, 6.07) is 5.68. The van der Waals surface area contributed by atoms with Crippen molar-refractivity contribution in [3.63, 3.8) is 0 Å². The number of hydrogen-bond donors (Lipinski definition) is 0. The molecular formula is C18H21N3O3S. The lowest BCUT2D eigenvalue weighted by molar-refractivity contribution is 0.0219. The molecule has 0 radical (unpaired) electrons. The van der Waals surface area contributed by atoms with E-state index in [0.29, 0.717) is 29.7 Å². The van der Waals surface area contributed by atoms with Crippen molar-refractivity contribution in [3.05, 3.63) is 24.1 Å². The highest BCUT2D eigenvalue weighted by molar-refractivity contribution is 7.99. The number of piperidine rings is 1. The lowest BCUT2D eigenvalue weighted by Gasteiger charge is -2.33. The van der Waals surface area contributed by atoms with Gasteiger partial charge in [0.15, 0.2) is 5.58 Å². The Morgan fingerprint density at radius 3 is 2.76 bits per heavy atom. The van der Waals surface area contributed by atoms with E-state index in [1.807, 2.05) is 32.9 Å². The van der Waals surface area contributed by atoms with Gasteiger partial charge in [0.2, 0.25) is 5.76 Å². The summed E-state index contributed by atoms with van der Waals surface area (Å²) in [5.74, 6) is 0.296. The molecule has 2 aromatic rings. The van der Waals surface area contributed by atoms with Crippen LogP contribution in [0.3, 0.4) is 0 Å². The van der Waals surface area contributed by atoms with Crippen LogP contribution in [0.25, 0.3) is 11.0 Å². The standard InChI is InChI=1S/C18H21N3O3S/c1-18(2,3)24-17(22)21-6-4-14(5-7-21)25-16-9-12-8-13(10-19)23-15(12)11-20-16/h8-9,11,14H,4-7H2,1-3H3. The van der Waals surface area contributed by atoms with Gasteiger partial charge in [-0.05, 0) is 39.7 Å². The number of rotatable bonds is 2. The van der Waals surface area contributed by atoms with Crippen LogP contribution < -0.4 is 0 Å². The minimum absolute atomic E-state index is 0.238. The smallest absolute Gasteiger partial charge is 0.410 e. The van der Waals surface area contributed by atoms with Gasteiger partial charge in [-0.2, -0.15) is 5.26 Å². The number of pyridine rings is 1. The Bertz CT molecular complexity index is 811. The van der Waals surface area contributed by atoms with Crippen LogP contribution in [0.5, 0.6) is 0 Å². The highest BCUT2D eigenvalue weighted by Gasteiger charge is 2.27. The third kappa shape index (κ3) is 4.45. The molecule has 3 heterocycles. The molecule has 0 saturated carbocycles. The molecule has 0 atom stereocenters. The third-order valence-corrected chi connectivity index (χ3v) is 5.14. The van der Waals surface area contributed by atoms with Gasteiger partial charge in [-0.3, -0.25) is 0 Å². The third-order valence-electron chi connectivity index (χ3n) is 3.87. The first-order chi connectivity index (χ1) is 11.8. The fraction of sp³-hybridized carbons (Fsp3) is 0.500. The molecule has 25 heavy (non-hydrogen) atoms. The second-order valence-corrected chi connectivity index (χ2v) is 8.39. The van der Waals surface area contributed by atoms with Gasteiger partial charge in [-0.25, -0.2) is 9.78 Å². The first kappa shape index (κ1) is 17.6. The van der Waals surface area contributed by atoms with Crippen molar-refractivity contribution < 1.29 is 13.9 Å². The Kier molecular flexibility index (Phi) is 4.91. The monoisotopic (exact) mass is 359 g/mol. The maximum atomic E-state index is 12.1. The molecule has 2 aromatic heterocycles. The number of aromatic nitrogens is 1. The number of ether oxygens (including phenoxy) is 1. The van der Waals surface area contributed by atoms with Crippen molar-refractivity contribution >= 4 is 28.8 Å². The Balaban J connectivity index is 1.57. The van der Waals surface area contributed by atoms with Crippen LogP contribution in [0.2, 0.25) is 0 Å². The lowest BCUT2D eigenvalue weighted by Crippen LogP contribution is -2.42. The minimum atomic E-state index is -0.463. The summed E-state index contributed by atoms with van der Waals surface area (Å²) in [4.78, 5) is 18.3. The second-order valence-electron chi connectivity index (χ2n) is 7.07. The second kappa shape index (κ2) is 6.96. The molecule has 6 nitrogen and oxygen atoms in total. The van der Waals surface area contributed by atoms with E-state index in [1.165, 1.54) is 0 Å². The number of nitrogens with zero attached hydrogens (tertiary/aromatic N) is 3. The largest absolute Gasteiger partial charge is 0.444 e. The van der Waals surface area contributed by atoms with Crippen LogP contribution in [0.1, 0.15) is 39.4 Å². The fourth-order valence-corrected chi connectivity index (χ4v) is 3.80. The molecule has 0 bridgehead atoms. The van der Waals surface area contributed by atoms with E-state index >= 15 is 0 Å². The number of thioether (sulfide) groups is 1. The number of fused-ring (bicyclic) bond motifs is 1.